The maximum absolute atomic E-state index is 5.23. The van der Waals surface area contributed by atoms with Crippen molar-refractivity contribution in [3.63, 3.8) is 0 Å². The lowest BCUT2D eigenvalue weighted by Gasteiger charge is -2.35. The number of ether oxygens (including phenoxy) is 1. The lowest BCUT2D eigenvalue weighted by atomic mass is 10.1. The molecular formula is C14H27N3O. The van der Waals surface area contributed by atoms with Gasteiger partial charge in [0.2, 0.25) is 0 Å². The van der Waals surface area contributed by atoms with Crippen molar-refractivity contribution in [1.82, 2.24) is 15.1 Å². The van der Waals surface area contributed by atoms with Crippen molar-refractivity contribution >= 4 is 0 Å². The number of nitrogens with one attached hydrogen (secondary N) is 1. The molecule has 104 valence electrons. The quantitative estimate of drug-likeness (QED) is 0.761. The molecule has 2 heterocycles. The monoisotopic (exact) mass is 253 g/mol. The van der Waals surface area contributed by atoms with Crippen LogP contribution in [0, 0.1) is 0 Å². The maximum atomic E-state index is 5.23. The standard InChI is InChI=1S/C14H27N3O/c1-11(16(2)3)14-6-5-12(15-14)7-8-17(4)13-9-18-10-13/h12-15H,1,5-10H2,2-4H3. The third kappa shape index (κ3) is 3.25. The molecule has 2 saturated heterocycles. The minimum atomic E-state index is 0.474. The molecule has 0 aromatic rings. The summed E-state index contributed by atoms with van der Waals surface area (Å²) in [7, 11) is 6.35. The second-order valence-corrected chi connectivity index (χ2v) is 5.84. The van der Waals surface area contributed by atoms with Gasteiger partial charge in [-0.2, -0.15) is 0 Å². The smallest absolute Gasteiger partial charge is 0.0645 e. The van der Waals surface area contributed by atoms with Gasteiger partial charge in [0, 0.05) is 31.9 Å². The Morgan fingerprint density at radius 3 is 2.56 bits per heavy atom. The van der Waals surface area contributed by atoms with Crippen LogP contribution in [0.2, 0.25) is 0 Å². The minimum absolute atomic E-state index is 0.474. The minimum Gasteiger partial charge on any atom is -0.380 e. The SMILES string of the molecule is C=C(C1CCC(CCN(C)C2COC2)N1)N(C)C. The van der Waals surface area contributed by atoms with Crippen LogP contribution < -0.4 is 5.32 Å². The summed E-state index contributed by atoms with van der Waals surface area (Å²) in [6.45, 7) is 7.14. The Bertz CT molecular complexity index is 289. The highest BCUT2D eigenvalue weighted by Crippen LogP contribution is 2.21. The molecule has 1 N–H and O–H groups in total. The van der Waals surface area contributed by atoms with Crippen molar-refractivity contribution in [2.45, 2.75) is 37.4 Å². The summed E-state index contributed by atoms with van der Waals surface area (Å²) in [5.74, 6) is 0. The van der Waals surface area contributed by atoms with E-state index in [1.807, 2.05) is 0 Å². The highest BCUT2D eigenvalue weighted by Gasteiger charge is 2.28. The fourth-order valence-corrected chi connectivity index (χ4v) is 2.64. The molecule has 0 aromatic carbocycles. The van der Waals surface area contributed by atoms with Crippen LogP contribution in [0.3, 0.4) is 0 Å². The van der Waals surface area contributed by atoms with Crippen LogP contribution >= 0.6 is 0 Å². The van der Waals surface area contributed by atoms with Gasteiger partial charge in [0.05, 0.1) is 19.3 Å². The summed E-state index contributed by atoms with van der Waals surface area (Å²) in [5.41, 5.74) is 1.21. The van der Waals surface area contributed by atoms with Crippen LogP contribution in [0.15, 0.2) is 12.3 Å². The Morgan fingerprint density at radius 1 is 1.28 bits per heavy atom. The van der Waals surface area contributed by atoms with E-state index < -0.39 is 0 Å². The van der Waals surface area contributed by atoms with Gasteiger partial charge in [-0.15, -0.1) is 0 Å². The fraction of sp³-hybridized carbons (Fsp3) is 0.857. The Morgan fingerprint density at radius 2 is 2.00 bits per heavy atom. The molecule has 2 atom stereocenters. The van der Waals surface area contributed by atoms with E-state index in [2.05, 4.69) is 42.8 Å². The molecule has 0 saturated carbocycles. The first kappa shape index (κ1) is 13.8. The van der Waals surface area contributed by atoms with Crippen LogP contribution in [0.25, 0.3) is 0 Å². The normalized spacial score (nSPS) is 28.4. The summed E-state index contributed by atoms with van der Waals surface area (Å²) in [6, 6.07) is 1.77. The third-order valence-electron chi connectivity index (χ3n) is 4.29. The Labute approximate surface area is 111 Å². The molecule has 2 rings (SSSR count). The van der Waals surface area contributed by atoms with Gasteiger partial charge < -0.3 is 15.0 Å². The van der Waals surface area contributed by atoms with Crippen LogP contribution in [-0.4, -0.2) is 68.8 Å². The molecule has 4 nitrogen and oxygen atoms in total. The molecule has 18 heavy (non-hydrogen) atoms. The van der Waals surface area contributed by atoms with Gasteiger partial charge in [0.25, 0.3) is 0 Å². The van der Waals surface area contributed by atoms with E-state index >= 15 is 0 Å². The van der Waals surface area contributed by atoms with E-state index in [0.29, 0.717) is 18.1 Å². The number of nitrogens with zero attached hydrogens (tertiary/aromatic N) is 2. The van der Waals surface area contributed by atoms with Crippen molar-refractivity contribution in [2.24, 2.45) is 0 Å². The molecular weight excluding hydrogens is 226 g/mol. The van der Waals surface area contributed by atoms with Gasteiger partial charge in [0.15, 0.2) is 0 Å². The Hall–Kier alpha value is -0.580. The van der Waals surface area contributed by atoms with E-state index in [0.717, 1.165) is 19.8 Å². The van der Waals surface area contributed by atoms with Crippen molar-refractivity contribution in [3.05, 3.63) is 12.3 Å². The number of hydrogen-bond acceptors (Lipinski definition) is 4. The predicted octanol–water partition coefficient (Wildman–Crippen LogP) is 0.903. The first-order valence-corrected chi connectivity index (χ1v) is 6.98. The Kier molecular flexibility index (Phi) is 4.65. The number of rotatable bonds is 6. The van der Waals surface area contributed by atoms with Crippen molar-refractivity contribution in [3.8, 4) is 0 Å². The number of likely N-dealkylation sites (N-methyl/N-ethyl adjacent to an activating group) is 2. The first-order valence-electron chi connectivity index (χ1n) is 6.98. The van der Waals surface area contributed by atoms with Gasteiger partial charge in [-0.25, -0.2) is 0 Å². The average molecular weight is 253 g/mol. The molecule has 0 radical (unpaired) electrons. The summed E-state index contributed by atoms with van der Waals surface area (Å²) in [6.07, 6.45) is 3.72. The van der Waals surface area contributed by atoms with Gasteiger partial charge in [-0.1, -0.05) is 6.58 Å². The summed E-state index contributed by atoms with van der Waals surface area (Å²) >= 11 is 0. The largest absolute Gasteiger partial charge is 0.380 e. The van der Waals surface area contributed by atoms with Crippen molar-refractivity contribution < 1.29 is 4.74 Å². The molecule has 2 fully saturated rings. The fourth-order valence-electron chi connectivity index (χ4n) is 2.64. The third-order valence-corrected chi connectivity index (χ3v) is 4.29. The van der Waals surface area contributed by atoms with Gasteiger partial charge in [0.1, 0.15) is 0 Å². The van der Waals surface area contributed by atoms with Crippen LogP contribution in [0.5, 0.6) is 0 Å². The first-order chi connectivity index (χ1) is 8.58. The Balaban J connectivity index is 1.67. The second kappa shape index (κ2) is 6.04. The van der Waals surface area contributed by atoms with Gasteiger partial charge >= 0.3 is 0 Å². The molecule has 0 aliphatic carbocycles. The molecule has 2 aliphatic rings. The highest BCUT2D eigenvalue weighted by atomic mass is 16.5. The van der Waals surface area contributed by atoms with E-state index in [1.165, 1.54) is 25.0 Å². The van der Waals surface area contributed by atoms with E-state index in [1.54, 1.807) is 0 Å². The molecule has 0 amide bonds. The zero-order valence-corrected chi connectivity index (χ0v) is 12.0. The molecule has 0 spiro atoms. The summed E-state index contributed by atoms with van der Waals surface area (Å²) < 4.78 is 5.23. The molecule has 4 heteroatoms. The van der Waals surface area contributed by atoms with Gasteiger partial charge in [-0.3, -0.25) is 4.90 Å². The van der Waals surface area contributed by atoms with Crippen molar-refractivity contribution in [2.75, 3.05) is 40.9 Å². The molecule has 0 bridgehead atoms. The van der Waals surface area contributed by atoms with E-state index in [9.17, 15) is 0 Å². The summed E-state index contributed by atoms with van der Waals surface area (Å²) in [5, 5.41) is 3.70. The molecule has 0 aromatic heterocycles. The summed E-state index contributed by atoms with van der Waals surface area (Å²) in [4.78, 5) is 4.55. The van der Waals surface area contributed by atoms with E-state index in [-0.39, 0.29) is 0 Å². The van der Waals surface area contributed by atoms with Crippen LogP contribution in [0.1, 0.15) is 19.3 Å². The zero-order valence-electron chi connectivity index (χ0n) is 12.0. The molecule has 2 unspecified atom stereocenters. The topological polar surface area (TPSA) is 27.7 Å². The van der Waals surface area contributed by atoms with E-state index in [4.69, 9.17) is 4.74 Å². The van der Waals surface area contributed by atoms with Crippen LogP contribution in [-0.2, 0) is 4.74 Å². The average Bonchev–Trinajstić information content (AvgIpc) is 2.71. The van der Waals surface area contributed by atoms with Gasteiger partial charge in [-0.05, 0) is 32.9 Å². The lowest BCUT2D eigenvalue weighted by Crippen LogP contribution is -2.48. The van der Waals surface area contributed by atoms with Crippen molar-refractivity contribution in [1.29, 1.82) is 0 Å². The predicted molar refractivity (Wildman–Crippen MR) is 74.6 cm³/mol. The number of hydrogen-bond donors (Lipinski definition) is 1. The lowest BCUT2D eigenvalue weighted by molar-refractivity contribution is -0.0565. The van der Waals surface area contributed by atoms with Crippen LogP contribution in [0.4, 0.5) is 0 Å². The molecule has 2 aliphatic heterocycles. The maximum Gasteiger partial charge on any atom is 0.0645 e. The second-order valence-electron chi connectivity index (χ2n) is 5.84. The highest BCUT2D eigenvalue weighted by molar-refractivity contribution is 5.07. The zero-order chi connectivity index (χ0) is 13.1.